The Labute approximate surface area is 157 Å². The maximum Gasteiger partial charge on any atom is 0.335 e. The highest BCUT2D eigenvalue weighted by atomic mass is 79.9. The highest BCUT2D eigenvalue weighted by Gasteiger charge is 2.11. The summed E-state index contributed by atoms with van der Waals surface area (Å²) in [6, 6.07) is 16.2. The molecule has 25 heavy (non-hydrogen) atoms. The van der Waals surface area contributed by atoms with Gasteiger partial charge in [0.15, 0.2) is 0 Å². The van der Waals surface area contributed by atoms with Crippen molar-refractivity contribution in [1.82, 2.24) is 5.32 Å². The number of thiophene rings is 1. The Morgan fingerprint density at radius 3 is 2.60 bits per heavy atom. The molecule has 1 aromatic heterocycles. The van der Waals surface area contributed by atoms with Gasteiger partial charge in [-0.1, -0.05) is 36.4 Å². The van der Waals surface area contributed by atoms with Crippen molar-refractivity contribution < 1.29 is 14.7 Å². The van der Waals surface area contributed by atoms with Crippen LogP contribution < -0.4 is 5.32 Å². The highest BCUT2D eigenvalue weighted by molar-refractivity contribution is 9.10. The summed E-state index contributed by atoms with van der Waals surface area (Å²) in [5, 5.41) is 13.9. The van der Waals surface area contributed by atoms with Gasteiger partial charge >= 0.3 is 5.97 Å². The van der Waals surface area contributed by atoms with Gasteiger partial charge in [0, 0.05) is 16.4 Å². The van der Waals surface area contributed by atoms with Crippen LogP contribution in [0.1, 0.15) is 25.6 Å². The van der Waals surface area contributed by atoms with Crippen molar-refractivity contribution in [2.45, 2.75) is 6.54 Å². The molecule has 0 saturated heterocycles. The summed E-state index contributed by atoms with van der Waals surface area (Å²) in [5.74, 6) is -1.10. The lowest BCUT2D eigenvalue weighted by atomic mass is 9.98. The average molecular weight is 416 g/mol. The van der Waals surface area contributed by atoms with Crippen molar-refractivity contribution in [3.05, 3.63) is 80.5 Å². The minimum absolute atomic E-state index is 0.134. The fraction of sp³-hybridized carbons (Fsp3) is 0.0526. The van der Waals surface area contributed by atoms with E-state index in [0.29, 0.717) is 11.4 Å². The molecule has 2 N–H and O–H groups in total. The van der Waals surface area contributed by atoms with Crippen LogP contribution in [-0.2, 0) is 6.54 Å². The Morgan fingerprint density at radius 1 is 1.08 bits per heavy atom. The molecular weight excluding hydrogens is 402 g/mol. The van der Waals surface area contributed by atoms with E-state index in [4.69, 9.17) is 5.11 Å². The number of aromatic carboxylic acids is 1. The third kappa shape index (κ3) is 4.15. The second-order valence-electron chi connectivity index (χ2n) is 5.35. The first-order valence-electron chi connectivity index (χ1n) is 7.48. The minimum Gasteiger partial charge on any atom is -0.478 e. The molecule has 126 valence electrons. The predicted molar refractivity (Wildman–Crippen MR) is 102 cm³/mol. The van der Waals surface area contributed by atoms with Crippen LogP contribution in [0.25, 0.3) is 11.1 Å². The summed E-state index contributed by atoms with van der Waals surface area (Å²) in [6.07, 6.45) is 0. The predicted octanol–water partition coefficient (Wildman–Crippen LogP) is 4.81. The van der Waals surface area contributed by atoms with Crippen LogP contribution in [0.5, 0.6) is 0 Å². The number of rotatable bonds is 5. The van der Waals surface area contributed by atoms with Crippen LogP contribution in [0.3, 0.4) is 0 Å². The van der Waals surface area contributed by atoms with E-state index >= 15 is 0 Å². The monoisotopic (exact) mass is 415 g/mol. The van der Waals surface area contributed by atoms with Gasteiger partial charge in [0.1, 0.15) is 0 Å². The van der Waals surface area contributed by atoms with E-state index in [1.165, 1.54) is 11.3 Å². The lowest BCUT2D eigenvalue weighted by molar-refractivity contribution is 0.0696. The van der Waals surface area contributed by atoms with E-state index in [9.17, 15) is 9.59 Å². The van der Waals surface area contributed by atoms with Gasteiger partial charge in [-0.3, -0.25) is 4.79 Å². The summed E-state index contributed by atoms with van der Waals surface area (Å²) in [5.41, 5.74) is 2.87. The van der Waals surface area contributed by atoms with Gasteiger partial charge in [-0.05, 0) is 50.8 Å². The molecule has 3 rings (SSSR count). The Kier molecular flexibility index (Phi) is 5.31. The van der Waals surface area contributed by atoms with Crippen molar-refractivity contribution in [2.24, 2.45) is 0 Å². The minimum atomic E-state index is -0.962. The topological polar surface area (TPSA) is 66.4 Å². The zero-order chi connectivity index (χ0) is 17.8. The molecule has 4 nitrogen and oxygen atoms in total. The Balaban J connectivity index is 1.83. The highest BCUT2D eigenvalue weighted by Crippen LogP contribution is 2.25. The van der Waals surface area contributed by atoms with E-state index < -0.39 is 5.97 Å². The second kappa shape index (κ2) is 7.63. The van der Waals surface area contributed by atoms with Crippen molar-refractivity contribution >= 4 is 39.1 Å². The third-order valence-electron chi connectivity index (χ3n) is 3.67. The molecule has 0 unspecified atom stereocenters. The molecule has 0 spiro atoms. The maximum absolute atomic E-state index is 12.2. The first-order valence-corrected chi connectivity index (χ1v) is 9.16. The largest absolute Gasteiger partial charge is 0.478 e. The molecule has 6 heteroatoms. The van der Waals surface area contributed by atoms with Gasteiger partial charge in [-0.25, -0.2) is 4.79 Å². The first kappa shape index (κ1) is 17.4. The number of carboxylic acid groups (broad SMARTS) is 1. The van der Waals surface area contributed by atoms with Crippen molar-refractivity contribution in [1.29, 1.82) is 0 Å². The van der Waals surface area contributed by atoms with Crippen LogP contribution in [0.15, 0.2) is 64.5 Å². The van der Waals surface area contributed by atoms with Crippen LogP contribution in [0.4, 0.5) is 0 Å². The van der Waals surface area contributed by atoms with E-state index in [2.05, 4.69) is 21.2 Å². The van der Waals surface area contributed by atoms with Gasteiger partial charge in [0.25, 0.3) is 5.91 Å². The zero-order valence-electron chi connectivity index (χ0n) is 13.0. The Bertz CT molecular complexity index is 936. The third-order valence-corrected chi connectivity index (χ3v) is 5.36. The number of benzene rings is 2. The SMILES string of the molecule is O=C(O)c1cccc(-c2ccccc2CNC(=O)c2cc(Br)cs2)c1. The lowest BCUT2D eigenvalue weighted by Gasteiger charge is -2.11. The smallest absolute Gasteiger partial charge is 0.335 e. The van der Waals surface area contributed by atoms with E-state index in [0.717, 1.165) is 21.2 Å². The normalized spacial score (nSPS) is 10.4. The van der Waals surface area contributed by atoms with Crippen molar-refractivity contribution in [3.8, 4) is 11.1 Å². The second-order valence-corrected chi connectivity index (χ2v) is 7.18. The Hall–Kier alpha value is -2.44. The number of hydrogen-bond acceptors (Lipinski definition) is 3. The average Bonchev–Trinajstić information content (AvgIpc) is 3.06. The number of carboxylic acids is 1. The van der Waals surface area contributed by atoms with Crippen molar-refractivity contribution in [2.75, 3.05) is 0 Å². The molecule has 0 radical (unpaired) electrons. The van der Waals surface area contributed by atoms with Crippen LogP contribution in [0, 0.1) is 0 Å². The van der Waals surface area contributed by atoms with Gasteiger partial charge in [0.2, 0.25) is 0 Å². The number of carbonyl (C=O) groups excluding carboxylic acids is 1. The van der Waals surface area contributed by atoms with Crippen molar-refractivity contribution in [3.63, 3.8) is 0 Å². The van der Waals surface area contributed by atoms with Gasteiger partial charge in [0.05, 0.1) is 10.4 Å². The first-order chi connectivity index (χ1) is 12.0. The molecular formula is C19H14BrNO3S. The van der Waals surface area contributed by atoms with E-state index in [1.54, 1.807) is 24.3 Å². The van der Waals surface area contributed by atoms with Crippen LogP contribution in [-0.4, -0.2) is 17.0 Å². The summed E-state index contributed by atoms with van der Waals surface area (Å²) in [4.78, 5) is 24.0. The van der Waals surface area contributed by atoms with Gasteiger partial charge in [-0.2, -0.15) is 0 Å². The molecule has 0 bridgehead atoms. The number of hydrogen-bond donors (Lipinski definition) is 2. The zero-order valence-corrected chi connectivity index (χ0v) is 15.4. The lowest BCUT2D eigenvalue weighted by Crippen LogP contribution is -2.22. The molecule has 3 aromatic rings. The quantitative estimate of drug-likeness (QED) is 0.628. The fourth-order valence-corrected chi connectivity index (χ4v) is 3.81. The summed E-state index contributed by atoms with van der Waals surface area (Å²) in [6.45, 7) is 0.363. The standard InChI is InChI=1S/C19H14BrNO3S/c20-15-9-17(25-11-15)18(22)21-10-14-4-1-2-7-16(14)12-5-3-6-13(8-12)19(23)24/h1-9,11H,10H2,(H,21,22)(H,23,24). The number of amides is 1. The molecule has 0 saturated carbocycles. The number of carbonyl (C=O) groups is 2. The van der Waals surface area contributed by atoms with Crippen LogP contribution in [0.2, 0.25) is 0 Å². The molecule has 0 fully saturated rings. The molecule has 0 aliphatic heterocycles. The number of halogens is 1. The van der Waals surface area contributed by atoms with Gasteiger partial charge in [-0.15, -0.1) is 11.3 Å². The molecule has 1 heterocycles. The Morgan fingerprint density at radius 2 is 1.88 bits per heavy atom. The van der Waals surface area contributed by atoms with Crippen LogP contribution >= 0.6 is 27.3 Å². The fourth-order valence-electron chi connectivity index (χ4n) is 2.47. The molecule has 2 aromatic carbocycles. The summed E-state index contributed by atoms with van der Waals surface area (Å²) >= 11 is 4.71. The maximum atomic E-state index is 12.2. The molecule has 0 aliphatic carbocycles. The van der Waals surface area contributed by atoms with E-state index in [1.807, 2.05) is 35.7 Å². The van der Waals surface area contributed by atoms with E-state index in [-0.39, 0.29) is 11.5 Å². The summed E-state index contributed by atoms with van der Waals surface area (Å²) in [7, 11) is 0. The molecule has 0 aliphatic rings. The number of nitrogens with one attached hydrogen (secondary N) is 1. The summed E-state index contributed by atoms with van der Waals surface area (Å²) < 4.78 is 0.883. The van der Waals surface area contributed by atoms with Gasteiger partial charge < -0.3 is 10.4 Å². The molecule has 0 atom stereocenters. The molecule has 1 amide bonds.